The maximum absolute atomic E-state index is 12.4. The molecule has 3 aromatic rings. The molecule has 4 rings (SSSR count). The third kappa shape index (κ3) is 5.81. The van der Waals surface area contributed by atoms with E-state index < -0.39 is 24.5 Å². The highest BCUT2D eigenvalue weighted by atomic mass is 16.3. The van der Waals surface area contributed by atoms with Crippen LogP contribution in [0.2, 0.25) is 0 Å². The lowest BCUT2D eigenvalue weighted by atomic mass is 9.80. The van der Waals surface area contributed by atoms with Crippen molar-refractivity contribution in [2.75, 3.05) is 6.61 Å². The van der Waals surface area contributed by atoms with E-state index in [1.165, 1.54) is 21.9 Å². The van der Waals surface area contributed by atoms with Crippen molar-refractivity contribution >= 4 is 22.6 Å². The van der Waals surface area contributed by atoms with Crippen molar-refractivity contribution in [2.24, 2.45) is 5.18 Å². The van der Waals surface area contributed by atoms with Gasteiger partial charge in [0.05, 0.1) is 6.61 Å². The monoisotopic (exact) mass is 473 g/mol. The van der Waals surface area contributed by atoms with Crippen LogP contribution in [0.4, 0.5) is 0 Å². The van der Waals surface area contributed by atoms with E-state index in [9.17, 15) is 19.6 Å². The van der Waals surface area contributed by atoms with E-state index in [2.05, 4.69) is 65.2 Å². The first-order chi connectivity index (χ1) is 17.0. The molecule has 0 bridgehead atoms. The number of amides is 2. The Balaban J connectivity index is 1.39. The molecule has 3 unspecified atom stereocenters. The van der Waals surface area contributed by atoms with Crippen LogP contribution in [0, 0.1) is 4.91 Å². The van der Waals surface area contributed by atoms with Crippen molar-refractivity contribution in [2.45, 2.75) is 56.7 Å². The molecule has 1 saturated carbocycles. The van der Waals surface area contributed by atoms with Crippen molar-refractivity contribution in [3.05, 3.63) is 88.3 Å². The second-order valence-electron chi connectivity index (χ2n) is 9.28. The fourth-order valence-electron chi connectivity index (χ4n) is 5.11. The zero-order valence-corrected chi connectivity index (χ0v) is 19.8. The Morgan fingerprint density at radius 1 is 1.03 bits per heavy atom. The number of benzene rings is 3. The van der Waals surface area contributed by atoms with Gasteiger partial charge in [-0.2, -0.15) is 0 Å². The lowest BCUT2D eigenvalue weighted by Gasteiger charge is -2.32. The summed E-state index contributed by atoms with van der Waals surface area (Å²) in [5.74, 6) is -1.24. The van der Waals surface area contributed by atoms with E-state index in [1.54, 1.807) is 12.1 Å². The Morgan fingerprint density at radius 2 is 1.77 bits per heavy atom. The van der Waals surface area contributed by atoms with Crippen molar-refractivity contribution < 1.29 is 14.7 Å². The lowest BCUT2D eigenvalue weighted by molar-refractivity contribution is -0.120. The summed E-state index contributed by atoms with van der Waals surface area (Å²) in [5.41, 5.74) is 2.85. The molecule has 35 heavy (non-hydrogen) atoms. The minimum Gasteiger partial charge on any atom is -0.394 e. The van der Waals surface area contributed by atoms with Crippen molar-refractivity contribution in [3.8, 4) is 0 Å². The number of aliphatic hydroxyl groups excluding tert-OH is 1. The summed E-state index contributed by atoms with van der Waals surface area (Å²) in [4.78, 5) is 34.2. The number of aliphatic hydroxyl groups is 1. The molecule has 0 saturated heterocycles. The number of hydrogen-bond donors (Lipinski definition) is 3. The Labute approximate surface area is 204 Å². The van der Waals surface area contributed by atoms with Gasteiger partial charge in [-0.3, -0.25) is 9.59 Å². The fourth-order valence-corrected chi connectivity index (χ4v) is 5.11. The Bertz CT molecular complexity index is 1190. The number of carbonyl (C=O) groups is 2. The average molecular weight is 474 g/mol. The van der Waals surface area contributed by atoms with E-state index in [-0.39, 0.29) is 6.04 Å². The number of carbonyl (C=O) groups excluding carboxylic acids is 2. The second kappa shape index (κ2) is 11.3. The quantitative estimate of drug-likeness (QED) is 0.415. The van der Waals surface area contributed by atoms with Crippen LogP contribution in [0.15, 0.2) is 71.9 Å². The van der Waals surface area contributed by atoms with Crippen LogP contribution in [0.25, 0.3) is 10.8 Å². The van der Waals surface area contributed by atoms with Gasteiger partial charge >= 0.3 is 5.91 Å². The molecule has 0 heterocycles. The van der Waals surface area contributed by atoms with Gasteiger partial charge in [0.1, 0.15) is 6.04 Å². The van der Waals surface area contributed by atoms with Gasteiger partial charge in [-0.05, 0) is 66.1 Å². The van der Waals surface area contributed by atoms with E-state index in [4.69, 9.17) is 0 Å². The Morgan fingerprint density at radius 3 is 2.51 bits per heavy atom. The molecule has 0 aromatic heterocycles. The third-order valence-electron chi connectivity index (χ3n) is 6.97. The summed E-state index contributed by atoms with van der Waals surface area (Å²) >= 11 is 0. The highest BCUT2D eigenvalue weighted by molar-refractivity contribution is 5.97. The predicted octanol–water partition coefficient (Wildman–Crippen LogP) is 4.60. The van der Waals surface area contributed by atoms with Crippen molar-refractivity contribution in [1.29, 1.82) is 0 Å². The molecule has 7 nitrogen and oxygen atoms in total. The fraction of sp³-hybridized carbons (Fsp3) is 0.357. The topological polar surface area (TPSA) is 108 Å². The van der Waals surface area contributed by atoms with Gasteiger partial charge in [-0.25, -0.2) is 0 Å². The van der Waals surface area contributed by atoms with Crippen LogP contribution >= 0.6 is 0 Å². The standard InChI is InChI=1S/C28H31N3O4/c1-18(24-11-5-7-20-6-2-3-10-25(20)24)29-23-9-4-8-22(16-23)19-12-14-21(15-13-19)27(33)30-26(17-32)28(34)31-35/h2-3,5-7,10-15,18,22-23,26,29,32H,4,8-9,16-17H2,1H3,(H,30,33)/t18?,22-,23?,26?/m0/s1. The van der Waals surface area contributed by atoms with Gasteiger partial charge in [-0.15, -0.1) is 4.91 Å². The Kier molecular flexibility index (Phi) is 8.00. The third-order valence-corrected chi connectivity index (χ3v) is 6.97. The minimum atomic E-state index is -1.33. The number of fused-ring (bicyclic) bond motifs is 1. The van der Waals surface area contributed by atoms with E-state index in [1.807, 2.05) is 12.1 Å². The molecule has 1 aliphatic carbocycles. The van der Waals surface area contributed by atoms with Gasteiger partial charge < -0.3 is 15.7 Å². The molecule has 2 amide bonds. The van der Waals surface area contributed by atoms with Crippen LogP contribution in [-0.4, -0.2) is 35.6 Å². The zero-order chi connectivity index (χ0) is 24.8. The van der Waals surface area contributed by atoms with Crippen LogP contribution in [0.3, 0.4) is 0 Å². The van der Waals surface area contributed by atoms with E-state index in [0.717, 1.165) is 25.7 Å². The highest BCUT2D eigenvalue weighted by Crippen LogP contribution is 2.34. The number of rotatable bonds is 8. The van der Waals surface area contributed by atoms with Gasteiger partial charge in [0.25, 0.3) is 5.91 Å². The molecule has 3 N–H and O–H groups in total. The first-order valence-corrected chi connectivity index (χ1v) is 12.1. The maximum atomic E-state index is 12.4. The highest BCUT2D eigenvalue weighted by Gasteiger charge is 2.26. The number of nitrogens with one attached hydrogen (secondary N) is 2. The molecule has 182 valence electrons. The van der Waals surface area contributed by atoms with Crippen LogP contribution in [-0.2, 0) is 4.79 Å². The minimum absolute atomic E-state index is 0.235. The zero-order valence-electron chi connectivity index (χ0n) is 19.8. The van der Waals surface area contributed by atoms with Crippen LogP contribution < -0.4 is 10.6 Å². The summed E-state index contributed by atoms with van der Waals surface area (Å²) in [6.45, 7) is 1.55. The molecule has 1 aliphatic rings. The van der Waals surface area contributed by atoms with E-state index in [0.29, 0.717) is 17.5 Å². The second-order valence-corrected chi connectivity index (χ2v) is 9.28. The molecule has 0 radical (unpaired) electrons. The molecule has 0 aliphatic heterocycles. The van der Waals surface area contributed by atoms with Crippen LogP contribution in [0.1, 0.15) is 66.1 Å². The summed E-state index contributed by atoms with van der Waals surface area (Å²) in [6.07, 6.45) is 4.38. The molecule has 4 atom stereocenters. The van der Waals surface area contributed by atoms with E-state index >= 15 is 0 Å². The average Bonchev–Trinajstić information content (AvgIpc) is 2.91. The molecular weight excluding hydrogens is 442 g/mol. The van der Waals surface area contributed by atoms with Gasteiger partial charge in [0.2, 0.25) is 0 Å². The summed E-state index contributed by atoms with van der Waals surface area (Å²) in [5, 5.41) is 20.2. The van der Waals surface area contributed by atoms with Gasteiger partial charge in [0, 0.05) is 22.8 Å². The summed E-state index contributed by atoms with van der Waals surface area (Å²) in [7, 11) is 0. The van der Waals surface area contributed by atoms with Crippen molar-refractivity contribution in [3.63, 3.8) is 0 Å². The van der Waals surface area contributed by atoms with Crippen LogP contribution in [0.5, 0.6) is 0 Å². The first kappa shape index (κ1) is 24.7. The Hall–Kier alpha value is -3.42. The summed E-state index contributed by atoms with van der Waals surface area (Å²) < 4.78 is 0. The number of nitrogens with zero attached hydrogens (tertiary/aromatic N) is 1. The maximum Gasteiger partial charge on any atom is 0.310 e. The molecule has 7 heteroatoms. The number of hydrogen-bond acceptors (Lipinski definition) is 5. The summed E-state index contributed by atoms with van der Waals surface area (Å²) in [6, 6.07) is 21.6. The van der Waals surface area contributed by atoms with Gasteiger partial charge in [-0.1, -0.05) is 61.0 Å². The smallest absolute Gasteiger partial charge is 0.310 e. The molecule has 0 spiro atoms. The van der Waals surface area contributed by atoms with Crippen molar-refractivity contribution in [1.82, 2.24) is 10.6 Å². The molecule has 3 aromatic carbocycles. The molecular formula is C28H31N3O4. The van der Waals surface area contributed by atoms with Gasteiger partial charge in [0.15, 0.2) is 0 Å². The SMILES string of the molecule is CC(NC1CCC[C@H](c2ccc(C(=O)NC(CO)C(=O)N=O)cc2)C1)c1cccc2ccccc12. The molecule has 1 fully saturated rings. The lowest BCUT2D eigenvalue weighted by Crippen LogP contribution is -2.42. The first-order valence-electron chi connectivity index (χ1n) is 12.1. The predicted molar refractivity (Wildman–Crippen MR) is 136 cm³/mol. The largest absolute Gasteiger partial charge is 0.394 e. The normalized spacial score (nSPS) is 19.6. The number of nitroso groups, excluding NO2 is 1.